The first-order valence-electron chi connectivity index (χ1n) is 4.77. The lowest BCUT2D eigenvalue weighted by Gasteiger charge is -2.37. The Bertz CT molecular complexity index is 214. The van der Waals surface area contributed by atoms with E-state index in [1.807, 2.05) is 0 Å². The Kier molecular flexibility index (Phi) is 1.64. The highest BCUT2D eigenvalue weighted by atomic mass is 32.1. The van der Waals surface area contributed by atoms with Crippen LogP contribution in [0.3, 0.4) is 0 Å². The minimum absolute atomic E-state index is 0.179. The van der Waals surface area contributed by atoms with Gasteiger partial charge in [0.1, 0.15) is 0 Å². The Morgan fingerprint density at radius 3 is 2.17 bits per heavy atom. The number of thiol groups is 1. The molecule has 0 saturated heterocycles. The van der Waals surface area contributed by atoms with Crippen LogP contribution < -0.4 is 0 Å². The molecular formula is C10H18OS. The van der Waals surface area contributed by atoms with E-state index in [4.69, 9.17) is 0 Å². The Hall–Kier alpha value is 0.310. The minimum atomic E-state index is -0.179. The number of aliphatic hydroxyl groups excluding tert-OH is 1. The van der Waals surface area contributed by atoms with Crippen LogP contribution >= 0.6 is 12.6 Å². The largest absolute Gasteiger partial charge is 0.392 e. The molecule has 1 nitrogen and oxygen atoms in total. The van der Waals surface area contributed by atoms with Gasteiger partial charge in [0.25, 0.3) is 0 Å². The van der Waals surface area contributed by atoms with E-state index in [2.05, 4.69) is 33.4 Å². The molecule has 0 aromatic heterocycles. The molecular weight excluding hydrogens is 168 g/mol. The van der Waals surface area contributed by atoms with E-state index in [0.29, 0.717) is 5.92 Å². The first kappa shape index (κ1) is 8.89. The molecule has 0 spiro atoms. The van der Waals surface area contributed by atoms with E-state index in [0.717, 1.165) is 0 Å². The summed E-state index contributed by atoms with van der Waals surface area (Å²) in [5.41, 5.74) is 0.527. The van der Waals surface area contributed by atoms with Gasteiger partial charge in [-0.3, -0.25) is 0 Å². The average molecular weight is 186 g/mol. The molecule has 2 heteroatoms. The van der Waals surface area contributed by atoms with Gasteiger partial charge in [-0.05, 0) is 29.6 Å². The molecule has 4 atom stereocenters. The van der Waals surface area contributed by atoms with Crippen molar-refractivity contribution in [3.8, 4) is 0 Å². The van der Waals surface area contributed by atoms with Crippen LogP contribution in [0.4, 0.5) is 0 Å². The molecule has 2 aliphatic rings. The molecule has 70 valence electrons. The Labute approximate surface area is 80.0 Å². The molecule has 0 aliphatic heterocycles. The fraction of sp³-hybridized carbons (Fsp3) is 1.00. The van der Waals surface area contributed by atoms with Crippen molar-refractivity contribution >= 4 is 12.6 Å². The van der Waals surface area contributed by atoms with Crippen LogP contribution in [-0.4, -0.2) is 16.5 Å². The van der Waals surface area contributed by atoms with E-state index < -0.39 is 0 Å². The summed E-state index contributed by atoms with van der Waals surface area (Å²) in [7, 11) is 0. The Balaban J connectivity index is 2.44. The van der Waals surface area contributed by atoms with E-state index in [1.165, 1.54) is 12.8 Å². The number of fused-ring (bicyclic) bond motifs is 2. The third kappa shape index (κ3) is 0.717. The number of aliphatic hydroxyl groups is 1. The SMILES string of the molecule is CC1(C)[C@H]2CC[C@]1(C)[C@H](S)[C@@H]2O. The third-order valence-electron chi connectivity index (χ3n) is 4.76. The van der Waals surface area contributed by atoms with Crippen molar-refractivity contribution in [1.29, 1.82) is 0 Å². The van der Waals surface area contributed by atoms with E-state index in [9.17, 15) is 5.11 Å². The summed E-state index contributed by atoms with van der Waals surface area (Å²) in [4.78, 5) is 0. The zero-order valence-corrected chi connectivity index (χ0v) is 8.94. The van der Waals surface area contributed by atoms with Crippen molar-refractivity contribution in [3.63, 3.8) is 0 Å². The maximum Gasteiger partial charge on any atom is 0.0695 e. The molecule has 2 fully saturated rings. The molecule has 0 radical (unpaired) electrons. The van der Waals surface area contributed by atoms with Crippen LogP contribution in [0.5, 0.6) is 0 Å². The summed E-state index contributed by atoms with van der Waals surface area (Å²) < 4.78 is 0. The fourth-order valence-electron chi connectivity index (χ4n) is 3.29. The first-order chi connectivity index (χ1) is 5.41. The predicted molar refractivity (Wildman–Crippen MR) is 53.4 cm³/mol. The second kappa shape index (κ2) is 2.21. The average Bonchev–Trinajstić information content (AvgIpc) is 2.26. The quantitative estimate of drug-likeness (QED) is 0.555. The van der Waals surface area contributed by atoms with Crippen molar-refractivity contribution < 1.29 is 5.11 Å². The van der Waals surface area contributed by atoms with Crippen molar-refractivity contribution in [1.82, 2.24) is 0 Å². The molecule has 0 aromatic rings. The van der Waals surface area contributed by atoms with Gasteiger partial charge in [0.05, 0.1) is 6.10 Å². The lowest BCUT2D eigenvalue weighted by molar-refractivity contribution is 0.0986. The van der Waals surface area contributed by atoms with Crippen molar-refractivity contribution in [2.24, 2.45) is 16.7 Å². The molecule has 2 saturated carbocycles. The lowest BCUT2D eigenvalue weighted by Crippen LogP contribution is -2.35. The first-order valence-corrected chi connectivity index (χ1v) is 5.29. The monoisotopic (exact) mass is 186 g/mol. The summed E-state index contributed by atoms with van der Waals surface area (Å²) in [6, 6.07) is 0. The van der Waals surface area contributed by atoms with E-state index in [1.54, 1.807) is 0 Å². The highest BCUT2D eigenvalue weighted by Gasteiger charge is 2.64. The van der Waals surface area contributed by atoms with Crippen LogP contribution in [0.2, 0.25) is 0 Å². The molecule has 1 N–H and O–H groups in total. The van der Waals surface area contributed by atoms with Gasteiger partial charge in [-0.2, -0.15) is 12.6 Å². The van der Waals surface area contributed by atoms with Gasteiger partial charge in [-0.15, -0.1) is 0 Å². The van der Waals surface area contributed by atoms with Gasteiger partial charge in [-0.25, -0.2) is 0 Å². The molecule has 2 rings (SSSR count). The second-order valence-corrected chi connectivity index (χ2v) is 5.78. The van der Waals surface area contributed by atoms with Crippen LogP contribution in [0, 0.1) is 16.7 Å². The number of hydrogen-bond acceptors (Lipinski definition) is 2. The van der Waals surface area contributed by atoms with Gasteiger partial charge in [-0.1, -0.05) is 20.8 Å². The molecule has 2 bridgehead atoms. The van der Waals surface area contributed by atoms with Crippen LogP contribution in [0.25, 0.3) is 0 Å². The predicted octanol–water partition coefficient (Wildman–Crippen LogP) is 2.10. The molecule has 0 aromatic carbocycles. The summed E-state index contributed by atoms with van der Waals surface area (Å²) >= 11 is 4.54. The standard InChI is InChI=1S/C10H18OS/c1-9(2)6-4-5-10(9,3)8(12)7(6)11/h6-8,11-12H,4-5H2,1-3H3/t6-,7+,8+,10+/m0/s1. The highest BCUT2D eigenvalue weighted by Crippen LogP contribution is 2.66. The molecule has 0 heterocycles. The minimum Gasteiger partial charge on any atom is -0.392 e. The summed E-state index contributed by atoms with van der Waals surface area (Å²) in [5, 5.41) is 10.1. The lowest BCUT2D eigenvalue weighted by atomic mass is 9.71. The molecule has 2 aliphatic carbocycles. The van der Waals surface area contributed by atoms with Crippen LogP contribution in [0.15, 0.2) is 0 Å². The van der Waals surface area contributed by atoms with Crippen molar-refractivity contribution in [2.75, 3.05) is 0 Å². The van der Waals surface area contributed by atoms with Gasteiger partial charge in [0.2, 0.25) is 0 Å². The van der Waals surface area contributed by atoms with E-state index in [-0.39, 0.29) is 22.2 Å². The van der Waals surface area contributed by atoms with Crippen LogP contribution in [0.1, 0.15) is 33.6 Å². The molecule has 12 heavy (non-hydrogen) atoms. The molecule has 0 amide bonds. The maximum absolute atomic E-state index is 9.91. The van der Waals surface area contributed by atoms with Crippen LogP contribution in [-0.2, 0) is 0 Å². The van der Waals surface area contributed by atoms with Gasteiger partial charge >= 0.3 is 0 Å². The third-order valence-corrected chi connectivity index (χ3v) is 5.64. The maximum atomic E-state index is 9.91. The highest BCUT2D eigenvalue weighted by molar-refractivity contribution is 7.81. The van der Waals surface area contributed by atoms with Gasteiger partial charge in [0, 0.05) is 5.25 Å². The topological polar surface area (TPSA) is 20.2 Å². The zero-order chi connectivity index (χ0) is 9.15. The number of rotatable bonds is 0. The van der Waals surface area contributed by atoms with Crippen molar-refractivity contribution in [3.05, 3.63) is 0 Å². The van der Waals surface area contributed by atoms with E-state index >= 15 is 0 Å². The normalized spacial score (nSPS) is 56.2. The summed E-state index contributed by atoms with van der Waals surface area (Å²) in [5.74, 6) is 0.477. The van der Waals surface area contributed by atoms with Gasteiger partial charge < -0.3 is 5.11 Å². The second-order valence-electron chi connectivity index (χ2n) is 5.22. The number of hydrogen-bond donors (Lipinski definition) is 2. The molecule has 0 unspecified atom stereocenters. The summed E-state index contributed by atoms with van der Waals surface area (Å²) in [6.45, 7) is 6.84. The fourth-order valence-corrected chi connectivity index (χ4v) is 3.96. The Morgan fingerprint density at radius 1 is 1.33 bits per heavy atom. The Morgan fingerprint density at radius 2 is 1.92 bits per heavy atom. The van der Waals surface area contributed by atoms with Gasteiger partial charge in [0.15, 0.2) is 0 Å². The smallest absolute Gasteiger partial charge is 0.0695 e. The zero-order valence-electron chi connectivity index (χ0n) is 8.04. The summed E-state index contributed by atoms with van der Waals surface area (Å²) in [6.07, 6.45) is 2.24. The van der Waals surface area contributed by atoms with Crippen molar-refractivity contribution in [2.45, 2.75) is 45.0 Å².